The largest absolute Gasteiger partial charge is 0.342 e. The zero-order valence-corrected chi connectivity index (χ0v) is 12.4. The van der Waals surface area contributed by atoms with Gasteiger partial charge in [0.25, 0.3) is 0 Å². The number of carbonyl (C=O) groups is 1. The van der Waals surface area contributed by atoms with Gasteiger partial charge in [-0.1, -0.05) is 6.42 Å². The molecule has 1 saturated carbocycles. The molecule has 2 aliphatic rings. The Kier molecular flexibility index (Phi) is 4.00. The first-order valence-electron chi connectivity index (χ1n) is 7.41. The first kappa shape index (κ1) is 13.9. The maximum atomic E-state index is 12.2. The van der Waals surface area contributed by atoms with Gasteiger partial charge in [-0.15, -0.1) is 0 Å². The summed E-state index contributed by atoms with van der Waals surface area (Å²) < 4.78 is 0. The Morgan fingerprint density at radius 2 is 1.67 bits per heavy atom. The summed E-state index contributed by atoms with van der Waals surface area (Å²) in [6.07, 6.45) is 5.74. The lowest BCUT2D eigenvalue weighted by atomic mass is 9.84. The Morgan fingerprint density at radius 1 is 1.11 bits per heavy atom. The summed E-state index contributed by atoms with van der Waals surface area (Å²) in [5.74, 6) is 0.742. The van der Waals surface area contributed by atoms with Gasteiger partial charge in [-0.05, 0) is 46.5 Å². The molecule has 0 aromatic carbocycles. The van der Waals surface area contributed by atoms with Crippen LogP contribution in [0.2, 0.25) is 0 Å². The second kappa shape index (κ2) is 5.20. The molecule has 3 nitrogen and oxygen atoms in total. The van der Waals surface area contributed by atoms with E-state index in [0.29, 0.717) is 17.9 Å². The third-order valence-corrected chi connectivity index (χ3v) is 4.76. The summed E-state index contributed by atoms with van der Waals surface area (Å²) in [6, 6.07) is 0.469. The molecule has 1 amide bonds. The number of amides is 1. The quantitative estimate of drug-likeness (QED) is 0.754. The van der Waals surface area contributed by atoms with E-state index in [4.69, 9.17) is 0 Å². The second-order valence-electron chi connectivity index (χ2n) is 6.97. The van der Waals surface area contributed by atoms with Crippen LogP contribution in [0.25, 0.3) is 0 Å². The molecule has 0 N–H and O–H groups in total. The molecule has 0 spiro atoms. The average Bonchev–Trinajstić information content (AvgIpc) is 2.24. The SMILES string of the molecule is CN(C(=O)C1CCC1)C1CCN(C(C)(C)C)CC1. The lowest BCUT2D eigenvalue weighted by molar-refractivity contribution is -0.140. The molecule has 0 aromatic heterocycles. The van der Waals surface area contributed by atoms with Gasteiger partial charge in [0.05, 0.1) is 0 Å². The van der Waals surface area contributed by atoms with Crippen LogP contribution in [-0.2, 0) is 4.79 Å². The van der Waals surface area contributed by atoms with Gasteiger partial charge in [-0.2, -0.15) is 0 Å². The zero-order chi connectivity index (χ0) is 13.3. The van der Waals surface area contributed by atoms with E-state index in [0.717, 1.165) is 38.8 Å². The van der Waals surface area contributed by atoms with E-state index >= 15 is 0 Å². The highest BCUT2D eigenvalue weighted by atomic mass is 16.2. The highest BCUT2D eigenvalue weighted by Crippen LogP contribution is 2.30. The standard InChI is InChI=1S/C15H28N2O/c1-15(2,3)17-10-8-13(9-11-17)16(4)14(18)12-6-5-7-12/h12-13H,5-11H2,1-4H3. The highest BCUT2D eigenvalue weighted by molar-refractivity contribution is 5.79. The van der Waals surface area contributed by atoms with Crippen molar-refractivity contribution in [3.05, 3.63) is 0 Å². The molecule has 1 aliphatic carbocycles. The van der Waals surface area contributed by atoms with Crippen molar-refractivity contribution in [1.29, 1.82) is 0 Å². The van der Waals surface area contributed by atoms with E-state index in [1.807, 2.05) is 11.9 Å². The van der Waals surface area contributed by atoms with E-state index < -0.39 is 0 Å². The average molecular weight is 252 g/mol. The Hall–Kier alpha value is -0.570. The summed E-state index contributed by atoms with van der Waals surface area (Å²) >= 11 is 0. The fourth-order valence-electron chi connectivity index (χ4n) is 3.05. The molecule has 0 radical (unpaired) electrons. The molecule has 0 aromatic rings. The Bertz CT molecular complexity index is 296. The zero-order valence-electron chi connectivity index (χ0n) is 12.4. The van der Waals surface area contributed by atoms with Crippen molar-refractivity contribution in [3.8, 4) is 0 Å². The van der Waals surface area contributed by atoms with Gasteiger partial charge >= 0.3 is 0 Å². The molecule has 1 aliphatic heterocycles. The minimum absolute atomic E-state index is 0.265. The van der Waals surface area contributed by atoms with Crippen LogP contribution < -0.4 is 0 Å². The predicted octanol–water partition coefficient (Wildman–Crippen LogP) is 2.51. The maximum absolute atomic E-state index is 12.2. The predicted molar refractivity (Wildman–Crippen MR) is 74.5 cm³/mol. The number of hydrogen-bond donors (Lipinski definition) is 0. The number of rotatable bonds is 2. The number of piperidine rings is 1. The van der Waals surface area contributed by atoms with Gasteiger partial charge < -0.3 is 4.90 Å². The molecule has 1 heterocycles. The van der Waals surface area contributed by atoms with E-state index in [-0.39, 0.29) is 5.54 Å². The van der Waals surface area contributed by atoms with Crippen LogP contribution in [0.4, 0.5) is 0 Å². The lowest BCUT2D eigenvalue weighted by Crippen LogP contribution is -2.52. The van der Waals surface area contributed by atoms with Crippen molar-refractivity contribution in [2.45, 2.75) is 64.5 Å². The van der Waals surface area contributed by atoms with Crippen LogP contribution in [0.5, 0.6) is 0 Å². The number of likely N-dealkylation sites (tertiary alicyclic amines) is 1. The van der Waals surface area contributed by atoms with Gasteiger partial charge in [0.1, 0.15) is 0 Å². The molecular formula is C15H28N2O. The van der Waals surface area contributed by atoms with Crippen molar-refractivity contribution in [1.82, 2.24) is 9.80 Å². The first-order chi connectivity index (χ1) is 8.39. The Labute approximate surface area is 112 Å². The Balaban J connectivity index is 1.83. The highest BCUT2D eigenvalue weighted by Gasteiger charge is 2.34. The van der Waals surface area contributed by atoms with Crippen molar-refractivity contribution in [2.75, 3.05) is 20.1 Å². The minimum atomic E-state index is 0.265. The summed E-state index contributed by atoms with van der Waals surface area (Å²) in [6.45, 7) is 9.07. The number of carbonyl (C=O) groups excluding carboxylic acids is 1. The summed E-state index contributed by atoms with van der Waals surface area (Å²) in [7, 11) is 2.01. The summed E-state index contributed by atoms with van der Waals surface area (Å²) in [5.41, 5.74) is 0.265. The molecule has 0 atom stereocenters. The van der Waals surface area contributed by atoms with E-state index in [2.05, 4.69) is 25.7 Å². The van der Waals surface area contributed by atoms with Crippen LogP contribution in [0.3, 0.4) is 0 Å². The van der Waals surface area contributed by atoms with Crippen LogP contribution in [0, 0.1) is 5.92 Å². The van der Waals surface area contributed by atoms with Crippen molar-refractivity contribution >= 4 is 5.91 Å². The molecule has 18 heavy (non-hydrogen) atoms. The molecule has 3 heteroatoms. The van der Waals surface area contributed by atoms with Crippen molar-refractivity contribution in [2.24, 2.45) is 5.92 Å². The molecule has 1 saturated heterocycles. The third-order valence-electron chi connectivity index (χ3n) is 4.76. The van der Waals surface area contributed by atoms with Gasteiger partial charge in [0.2, 0.25) is 5.91 Å². The second-order valence-corrected chi connectivity index (χ2v) is 6.97. The topological polar surface area (TPSA) is 23.6 Å². The molecule has 2 rings (SSSR count). The lowest BCUT2D eigenvalue weighted by Gasteiger charge is -2.44. The molecule has 0 bridgehead atoms. The summed E-state index contributed by atoms with van der Waals surface area (Å²) in [5, 5.41) is 0. The van der Waals surface area contributed by atoms with Crippen LogP contribution >= 0.6 is 0 Å². The molecule has 104 valence electrons. The Morgan fingerprint density at radius 3 is 2.06 bits per heavy atom. The van der Waals surface area contributed by atoms with E-state index in [1.165, 1.54) is 6.42 Å². The van der Waals surface area contributed by atoms with Crippen molar-refractivity contribution in [3.63, 3.8) is 0 Å². The normalized spacial score (nSPS) is 23.8. The van der Waals surface area contributed by atoms with Crippen LogP contribution in [-0.4, -0.2) is 47.4 Å². The molecular weight excluding hydrogens is 224 g/mol. The van der Waals surface area contributed by atoms with E-state index in [9.17, 15) is 4.79 Å². The maximum Gasteiger partial charge on any atom is 0.225 e. The third kappa shape index (κ3) is 2.87. The van der Waals surface area contributed by atoms with E-state index in [1.54, 1.807) is 0 Å². The van der Waals surface area contributed by atoms with Gasteiger partial charge in [-0.25, -0.2) is 0 Å². The van der Waals surface area contributed by atoms with Crippen molar-refractivity contribution < 1.29 is 4.79 Å². The summed E-state index contributed by atoms with van der Waals surface area (Å²) in [4.78, 5) is 16.8. The smallest absolute Gasteiger partial charge is 0.225 e. The van der Waals surface area contributed by atoms with Gasteiger partial charge in [0, 0.05) is 37.6 Å². The molecule has 0 unspecified atom stereocenters. The van der Waals surface area contributed by atoms with Gasteiger partial charge in [0.15, 0.2) is 0 Å². The van der Waals surface area contributed by atoms with Gasteiger partial charge in [-0.3, -0.25) is 9.69 Å². The number of hydrogen-bond acceptors (Lipinski definition) is 2. The fourth-order valence-corrected chi connectivity index (χ4v) is 3.05. The minimum Gasteiger partial charge on any atom is -0.342 e. The first-order valence-corrected chi connectivity index (χ1v) is 7.41. The van der Waals surface area contributed by atoms with Crippen LogP contribution in [0.1, 0.15) is 52.9 Å². The fraction of sp³-hybridized carbons (Fsp3) is 0.933. The number of nitrogens with zero attached hydrogens (tertiary/aromatic N) is 2. The monoisotopic (exact) mass is 252 g/mol. The van der Waals surface area contributed by atoms with Crippen LogP contribution in [0.15, 0.2) is 0 Å². The molecule has 2 fully saturated rings.